The Morgan fingerprint density at radius 2 is 1.71 bits per heavy atom. The number of carbonyl (C=O) groups excluding carboxylic acids is 3. The van der Waals surface area contributed by atoms with E-state index >= 15 is 0 Å². The molecule has 3 fully saturated rings. The molecule has 0 saturated carbocycles. The number of phenolic OH excluding ortho intramolecular Hbond substituents is 1. The topological polar surface area (TPSA) is 267 Å². The number of hydrogen-bond acceptors (Lipinski definition) is 18. The van der Waals surface area contributed by atoms with Gasteiger partial charge in [-0.3, -0.25) is 4.79 Å². The maximum Gasteiger partial charge on any atom is 0.342 e. The molecule has 0 radical (unpaired) electrons. The summed E-state index contributed by atoms with van der Waals surface area (Å²) in [6.07, 6.45) is -14.9. The van der Waals surface area contributed by atoms with Crippen LogP contribution in [0.1, 0.15) is 23.7 Å². The highest BCUT2D eigenvalue weighted by Crippen LogP contribution is 2.39. The minimum atomic E-state index is -1.89. The lowest BCUT2D eigenvalue weighted by Gasteiger charge is -2.44. The van der Waals surface area contributed by atoms with Gasteiger partial charge in [-0.1, -0.05) is 12.1 Å². The van der Waals surface area contributed by atoms with Crippen LogP contribution in [0.25, 0.3) is 0 Å². The third-order valence-electron chi connectivity index (χ3n) is 8.59. The van der Waals surface area contributed by atoms with Crippen LogP contribution in [0.4, 0.5) is 0 Å². The van der Waals surface area contributed by atoms with Crippen LogP contribution in [0.5, 0.6) is 11.5 Å². The van der Waals surface area contributed by atoms with Crippen LogP contribution >= 0.6 is 0 Å². The van der Waals surface area contributed by atoms with Crippen molar-refractivity contribution >= 4 is 17.9 Å². The summed E-state index contributed by atoms with van der Waals surface area (Å²) in [7, 11) is 0. The van der Waals surface area contributed by atoms with Gasteiger partial charge in [0.15, 0.2) is 23.9 Å². The Morgan fingerprint density at radius 1 is 0.980 bits per heavy atom. The fourth-order valence-corrected chi connectivity index (χ4v) is 5.91. The molecule has 7 N–H and O–H groups in total. The summed E-state index contributed by atoms with van der Waals surface area (Å²) in [5.74, 6) is -4.84. The van der Waals surface area contributed by atoms with Crippen LogP contribution in [0.15, 0.2) is 42.7 Å². The van der Waals surface area contributed by atoms with Crippen molar-refractivity contribution in [3.63, 3.8) is 0 Å². The molecule has 0 aromatic heterocycles. The van der Waals surface area contributed by atoms with Crippen LogP contribution in [-0.2, 0) is 42.7 Å². The van der Waals surface area contributed by atoms with E-state index in [0.29, 0.717) is 6.42 Å². The summed E-state index contributed by atoms with van der Waals surface area (Å²) in [5.41, 5.74) is -0.264. The predicted molar refractivity (Wildman–Crippen MR) is 156 cm³/mol. The van der Waals surface area contributed by atoms with E-state index in [-0.39, 0.29) is 12.2 Å². The van der Waals surface area contributed by atoms with Gasteiger partial charge in [0.25, 0.3) is 0 Å². The Bertz CT molecular complexity index is 1410. The van der Waals surface area contributed by atoms with Crippen molar-refractivity contribution in [1.82, 2.24) is 0 Å². The quantitative estimate of drug-likeness (QED) is 0.0771. The molecule has 270 valence electrons. The Balaban J connectivity index is 1.35. The first-order valence-corrected chi connectivity index (χ1v) is 15.3. The van der Waals surface area contributed by atoms with Crippen LogP contribution in [-0.4, -0.2) is 141 Å². The van der Waals surface area contributed by atoms with Gasteiger partial charge in [-0.2, -0.15) is 0 Å². The van der Waals surface area contributed by atoms with Crippen molar-refractivity contribution in [2.75, 3.05) is 19.8 Å². The number of esters is 3. The molecule has 0 amide bonds. The predicted octanol–water partition coefficient (Wildman–Crippen LogP) is -2.27. The minimum Gasteiger partial charge on any atom is -0.504 e. The highest BCUT2D eigenvalue weighted by atomic mass is 16.8. The number of ether oxygens (including phenoxy) is 8. The lowest BCUT2D eigenvalue weighted by molar-refractivity contribution is -0.339. The van der Waals surface area contributed by atoms with Crippen molar-refractivity contribution < 1.29 is 88.0 Å². The second-order valence-corrected chi connectivity index (χ2v) is 11.7. The van der Waals surface area contributed by atoms with Crippen molar-refractivity contribution in [2.24, 2.45) is 11.8 Å². The van der Waals surface area contributed by atoms with Crippen LogP contribution in [0.2, 0.25) is 0 Å². The van der Waals surface area contributed by atoms with E-state index in [4.69, 9.17) is 37.9 Å². The molecule has 4 aliphatic heterocycles. The van der Waals surface area contributed by atoms with Crippen molar-refractivity contribution in [3.8, 4) is 11.5 Å². The molecule has 4 aliphatic rings. The zero-order valence-corrected chi connectivity index (χ0v) is 26.0. The molecule has 1 aromatic carbocycles. The number of hydrogen-bond donors (Lipinski definition) is 7. The highest BCUT2D eigenvalue weighted by molar-refractivity contribution is 5.93. The number of para-hydroxylation sites is 1. The fraction of sp³-hybridized carbons (Fsp3) is 0.581. The molecule has 0 aliphatic carbocycles. The summed E-state index contributed by atoms with van der Waals surface area (Å²) in [5, 5.41) is 73.0. The summed E-state index contributed by atoms with van der Waals surface area (Å²) in [4.78, 5) is 37.1. The van der Waals surface area contributed by atoms with E-state index in [9.17, 15) is 50.1 Å². The Hall–Kier alpha value is -3.85. The monoisotopic (exact) mass is 698 g/mol. The van der Waals surface area contributed by atoms with E-state index in [1.165, 1.54) is 24.5 Å². The first-order valence-electron chi connectivity index (χ1n) is 15.3. The Kier molecular flexibility index (Phi) is 11.4. The molecular formula is C31H38O18. The van der Waals surface area contributed by atoms with Gasteiger partial charge in [0, 0.05) is 18.8 Å². The number of benzene rings is 1. The summed E-state index contributed by atoms with van der Waals surface area (Å²) >= 11 is 0. The van der Waals surface area contributed by atoms with Crippen LogP contribution < -0.4 is 4.74 Å². The van der Waals surface area contributed by atoms with Gasteiger partial charge in [0.1, 0.15) is 54.9 Å². The molecule has 3 saturated heterocycles. The minimum absolute atomic E-state index is 0.150. The number of aliphatic hydroxyl groups is 6. The number of carbonyl (C=O) groups is 3. The second-order valence-electron chi connectivity index (χ2n) is 11.7. The molecule has 18 nitrogen and oxygen atoms in total. The molecule has 4 heterocycles. The highest BCUT2D eigenvalue weighted by Gasteiger charge is 2.51. The lowest BCUT2D eigenvalue weighted by Crippen LogP contribution is -2.61. The van der Waals surface area contributed by atoms with Gasteiger partial charge in [0.05, 0.1) is 25.0 Å². The van der Waals surface area contributed by atoms with Gasteiger partial charge >= 0.3 is 17.9 Å². The summed E-state index contributed by atoms with van der Waals surface area (Å²) in [6, 6.07) is 3.54. The van der Waals surface area contributed by atoms with Crippen molar-refractivity contribution in [1.29, 1.82) is 0 Å². The second kappa shape index (κ2) is 15.4. The molecule has 1 aromatic rings. The van der Waals surface area contributed by atoms with E-state index in [1.54, 1.807) is 0 Å². The fourth-order valence-electron chi connectivity index (χ4n) is 5.91. The number of rotatable bonds is 10. The number of fused-ring (bicyclic) bond motifs is 1. The SMILES string of the molecule is C=C[C@H]1[C@H](O[C@@H]2O[C@H](COC(C)=O)[C@@H](O)[C@H](OC(=O)c3cccc(O[C@@H]4O[C@H](CO)[C@@H](O)[C@H](O)[C@H]4O)c3O)[C@H]2O)OC=C2C(=O)OCC[C@H]21. The van der Waals surface area contributed by atoms with Gasteiger partial charge in [0.2, 0.25) is 12.6 Å². The summed E-state index contributed by atoms with van der Waals surface area (Å²) < 4.78 is 43.5. The lowest BCUT2D eigenvalue weighted by atomic mass is 9.81. The molecule has 49 heavy (non-hydrogen) atoms. The van der Waals surface area contributed by atoms with Crippen LogP contribution in [0, 0.1) is 11.8 Å². The Labute approximate surface area is 278 Å². The smallest absolute Gasteiger partial charge is 0.342 e. The van der Waals surface area contributed by atoms with Gasteiger partial charge in [-0.25, -0.2) is 9.59 Å². The van der Waals surface area contributed by atoms with E-state index in [1.807, 2.05) is 0 Å². The zero-order valence-electron chi connectivity index (χ0n) is 26.0. The number of cyclic esters (lactones) is 1. The third kappa shape index (κ3) is 7.52. The normalized spacial score (nSPS) is 37.4. The first kappa shape index (κ1) is 36.4. The molecule has 13 atom stereocenters. The molecule has 0 unspecified atom stereocenters. The average molecular weight is 699 g/mol. The number of phenols is 1. The standard InChI is InChI=1S/C31H38O18/c1-3-13-14-7-8-42-27(40)16(14)10-44-29(13)49-31-25(39)26(22(36)19(47-31)11-43-12(2)33)48-28(41)15-5-4-6-17(20(15)34)45-30-24(38)23(37)21(35)18(9-32)46-30/h3-6,10,13-14,18-19,21-26,29-32,34-39H,1,7-9,11H2,2H3/t13-,14+,18-,19-,21-,22-,23+,24-,25-,26+,29+,30-,31+/m1/s1. The zero-order chi connectivity index (χ0) is 35.6. The molecular weight excluding hydrogens is 660 g/mol. The molecule has 5 rings (SSSR count). The molecule has 18 heteroatoms. The maximum atomic E-state index is 13.4. The van der Waals surface area contributed by atoms with Crippen molar-refractivity contribution in [3.05, 3.63) is 48.3 Å². The molecule has 0 spiro atoms. The number of aromatic hydroxyl groups is 1. The third-order valence-corrected chi connectivity index (χ3v) is 8.59. The van der Waals surface area contributed by atoms with Gasteiger partial charge < -0.3 is 73.6 Å². The number of aliphatic hydroxyl groups excluding tert-OH is 6. The van der Waals surface area contributed by atoms with Gasteiger partial charge in [-0.05, 0) is 18.6 Å². The van der Waals surface area contributed by atoms with E-state index in [2.05, 4.69) is 6.58 Å². The Morgan fingerprint density at radius 3 is 2.41 bits per heavy atom. The first-order chi connectivity index (χ1) is 23.4. The van der Waals surface area contributed by atoms with Crippen molar-refractivity contribution in [2.45, 2.75) is 81.0 Å². The summed E-state index contributed by atoms with van der Waals surface area (Å²) in [6.45, 7) is 3.78. The van der Waals surface area contributed by atoms with E-state index < -0.39 is 128 Å². The van der Waals surface area contributed by atoms with E-state index in [0.717, 1.165) is 13.0 Å². The molecule has 0 bridgehead atoms. The maximum absolute atomic E-state index is 13.4. The van der Waals surface area contributed by atoms with Gasteiger partial charge in [-0.15, -0.1) is 6.58 Å². The van der Waals surface area contributed by atoms with Crippen LogP contribution in [0.3, 0.4) is 0 Å². The average Bonchev–Trinajstić information content (AvgIpc) is 3.08. The largest absolute Gasteiger partial charge is 0.504 e.